The van der Waals surface area contributed by atoms with Crippen LogP contribution in [0.1, 0.15) is 27.9 Å². The van der Waals surface area contributed by atoms with Crippen LogP contribution in [0.15, 0.2) is 36.4 Å². The van der Waals surface area contributed by atoms with Crippen molar-refractivity contribution in [1.29, 1.82) is 0 Å². The molecule has 0 saturated carbocycles. The molecule has 0 heterocycles. The van der Waals surface area contributed by atoms with Crippen molar-refractivity contribution in [2.45, 2.75) is 19.8 Å². The maximum atomic E-state index is 13.4. The summed E-state index contributed by atoms with van der Waals surface area (Å²) in [7, 11) is 0. The normalized spacial score (nSPS) is 13.8. The molecule has 3 rings (SSSR count). The van der Waals surface area contributed by atoms with Crippen LogP contribution in [0.3, 0.4) is 0 Å². The Bertz CT molecular complexity index is 644. The smallest absolute Gasteiger partial charge is 0.163 e. The van der Waals surface area contributed by atoms with Gasteiger partial charge in [-0.15, -0.1) is 0 Å². The maximum Gasteiger partial charge on any atom is 0.163 e. The number of benzene rings is 2. The molecule has 2 aromatic rings. The van der Waals surface area contributed by atoms with Crippen molar-refractivity contribution < 1.29 is 9.18 Å². The minimum absolute atomic E-state index is 0.195. The van der Waals surface area contributed by atoms with Crippen LogP contribution in [0.5, 0.6) is 0 Å². The molecule has 1 aliphatic carbocycles. The highest BCUT2D eigenvalue weighted by Crippen LogP contribution is 2.34. The summed E-state index contributed by atoms with van der Waals surface area (Å²) in [4.78, 5) is 11.7. The van der Waals surface area contributed by atoms with Crippen molar-refractivity contribution >= 4 is 5.78 Å². The van der Waals surface area contributed by atoms with Gasteiger partial charge in [0.15, 0.2) is 5.78 Å². The van der Waals surface area contributed by atoms with Crippen molar-refractivity contribution in [3.8, 4) is 11.1 Å². The van der Waals surface area contributed by atoms with E-state index >= 15 is 0 Å². The lowest BCUT2D eigenvalue weighted by atomic mass is 9.94. The number of hydrogen-bond acceptors (Lipinski definition) is 1. The van der Waals surface area contributed by atoms with E-state index in [2.05, 4.69) is 0 Å². The van der Waals surface area contributed by atoms with Gasteiger partial charge in [-0.05, 0) is 47.7 Å². The molecule has 0 radical (unpaired) electrons. The average molecular weight is 240 g/mol. The number of carbonyl (C=O) groups is 1. The third kappa shape index (κ3) is 1.65. The van der Waals surface area contributed by atoms with Crippen LogP contribution in [0.2, 0.25) is 0 Å². The SMILES string of the molecule is Cc1ccc(F)cc1-c1cccc2c1CCC2=O. The lowest BCUT2D eigenvalue weighted by molar-refractivity contribution is 0.0994. The van der Waals surface area contributed by atoms with Gasteiger partial charge in [0, 0.05) is 12.0 Å². The first-order valence-electron chi connectivity index (χ1n) is 6.08. The second-order valence-corrected chi connectivity index (χ2v) is 4.71. The molecular formula is C16H13FO. The van der Waals surface area contributed by atoms with Crippen LogP contribution < -0.4 is 0 Å². The molecule has 0 atom stereocenters. The van der Waals surface area contributed by atoms with Gasteiger partial charge in [0.05, 0.1) is 0 Å². The first-order chi connectivity index (χ1) is 8.66. The third-order valence-corrected chi connectivity index (χ3v) is 3.57. The number of rotatable bonds is 1. The van der Waals surface area contributed by atoms with Gasteiger partial charge in [-0.1, -0.05) is 24.3 Å². The summed E-state index contributed by atoms with van der Waals surface area (Å²) in [5.74, 6) is -0.0431. The second-order valence-electron chi connectivity index (χ2n) is 4.71. The van der Waals surface area contributed by atoms with Crippen molar-refractivity contribution in [3.05, 3.63) is 58.9 Å². The predicted molar refractivity (Wildman–Crippen MR) is 69.2 cm³/mol. The molecular weight excluding hydrogens is 227 g/mol. The van der Waals surface area contributed by atoms with Crippen LogP contribution in [-0.2, 0) is 6.42 Å². The Kier molecular flexibility index (Phi) is 2.51. The Morgan fingerprint density at radius 1 is 1.00 bits per heavy atom. The Morgan fingerprint density at radius 3 is 2.61 bits per heavy atom. The fourth-order valence-corrected chi connectivity index (χ4v) is 2.63. The molecule has 18 heavy (non-hydrogen) atoms. The number of Topliss-reactive ketones (excluding diaryl/α,β-unsaturated/α-hetero) is 1. The number of fused-ring (bicyclic) bond motifs is 1. The monoisotopic (exact) mass is 240 g/mol. The molecule has 0 fully saturated rings. The molecule has 1 aliphatic rings. The number of hydrogen-bond donors (Lipinski definition) is 0. The van der Waals surface area contributed by atoms with E-state index in [1.54, 1.807) is 12.1 Å². The molecule has 0 unspecified atom stereocenters. The molecule has 0 amide bonds. The highest BCUT2D eigenvalue weighted by Gasteiger charge is 2.22. The van der Waals surface area contributed by atoms with Crippen molar-refractivity contribution in [2.75, 3.05) is 0 Å². The summed E-state index contributed by atoms with van der Waals surface area (Å²) >= 11 is 0. The van der Waals surface area contributed by atoms with Gasteiger partial charge in [0.25, 0.3) is 0 Å². The van der Waals surface area contributed by atoms with E-state index in [9.17, 15) is 9.18 Å². The molecule has 0 aliphatic heterocycles. The molecule has 1 nitrogen and oxygen atoms in total. The highest BCUT2D eigenvalue weighted by atomic mass is 19.1. The first kappa shape index (κ1) is 11.1. The summed E-state index contributed by atoms with van der Waals surface area (Å²) in [6.45, 7) is 1.96. The number of ketones is 1. The van der Waals surface area contributed by atoms with Crippen LogP contribution in [0.4, 0.5) is 4.39 Å². The summed E-state index contributed by atoms with van der Waals surface area (Å²) < 4.78 is 13.4. The third-order valence-electron chi connectivity index (χ3n) is 3.57. The van der Waals surface area contributed by atoms with E-state index in [1.165, 1.54) is 6.07 Å². The molecule has 0 aromatic heterocycles. The van der Waals surface area contributed by atoms with Crippen molar-refractivity contribution in [3.63, 3.8) is 0 Å². The zero-order chi connectivity index (χ0) is 12.7. The van der Waals surface area contributed by atoms with Gasteiger partial charge in [-0.25, -0.2) is 4.39 Å². The predicted octanol–water partition coefficient (Wildman–Crippen LogP) is 3.93. The van der Waals surface area contributed by atoms with Gasteiger partial charge >= 0.3 is 0 Å². The van der Waals surface area contributed by atoms with E-state index < -0.39 is 0 Å². The van der Waals surface area contributed by atoms with E-state index in [4.69, 9.17) is 0 Å². The van der Waals surface area contributed by atoms with Gasteiger partial charge in [-0.3, -0.25) is 4.79 Å². The van der Waals surface area contributed by atoms with E-state index in [-0.39, 0.29) is 11.6 Å². The number of halogens is 1. The van der Waals surface area contributed by atoms with E-state index in [0.29, 0.717) is 6.42 Å². The van der Waals surface area contributed by atoms with E-state index in [1.807, 2.05) is 25.1 Å². The maximum absolute atomic E-state index is 13.4. The Labute approximate surface area is 105 Å². The molecule has 2 heteroatoms. The molecule has 0 bridgehead atoms. The van der Waals surface area contributed by atoms with E-state index in [0.717, 1.165) is 34.2 Å². The highest BCUT2D eigenvalue weighted by molar-refractivity contribution is 6.02. The quantitative estimate of drug-likeness (QED) is 0.738. The van der Waals surface area contributed by atoms with Crippen molar-refractivity contribution in [1.82, 2.24) is 0 Å². The Hall–Kier alpha value is -1.96. The lowest BCUT2D eigenvalue weighted by Crippen LogP contribution is -1.94. The van der Waals surface area contributed by atoms with Crippen molar-refractivity contribution in [2.24, 2.45) is 0 Å². The largest absolute Gasteiger partial charge is 0.294 e. The fourth-order valence-electron chi connectivity index (χ4n) is 2.63. The lowest BCUT2D eigenvalue weighted by Gasteiger charge is -2.10. The van der Waals surface area contributed by atoms with Gasteiger partial charge < -0.3 is 0 Å². The van der Waals surface area contributed by atoms with Crippen LogP contribution >= 0.6 is 0 Å². The zero-order valence-electron chi connectivity index (χ0n) is 10.2. The molecule has 0 saturated heterocycles. The number of carbonyl (C=O) groups excluding carboxylic acids is 1. The van der Waals surface area contributed by atoms with Crippen LogP contribution in [-0.4, -0.2) is 5.78 Å². The summed E-state index contributed by atoms with van der Waals surface area (Å²) in [6, 6.07) is 10.5. The summed E-state index contributed by atoms with van der Waals surface area (Å²) in [6.07, 6.45) is 1.33. The number of aryl methyl sites for hydroxylation is 1. The Morgan fingerprint density at radius 2 is 1.78 bits per heavy atom. The first-order valence-corrected chi connectivity index (χ1v) is 6.08. The molecule has 0 spiro atoms. The zero-order valence-corrected chi connectivity index (χ0v) is 10.2. The minimum Gasteiger partial charge on any atom is -0.294 e. The van der Waals surface area contributed by atoms with Gasteiger partial charge in [0.1, 0.15) is 5.82 Å². The minimum atomic E-state index is -0.238. The summed E-state index contributed by atoms with van der Waals surface area (Å²) in [5.41, 5.74) is 4.79. The molecule has 90 valence electrons. The standard InChI is InChI=1S/C16H13FO/c1-10-5-6-11(17)9-15(10)12-3-2-4-14-13(12)7-8-16(14)18/h2-6,9H,7-8H2,1H3. The van der Waals surface area contributed by atoms with Gasteiger partial charge in [-0.2, -0.15) is 0 Å². The fraction of sp³-hybridized carbons (Fsp3) is 0.188. The second kappa shape index (κ2) is 4.05. The summed E-state index contributed by atoms with van der Waals surface area (Å²) in [5, 5.41) is 0. The molecule has 2 aromatic carbocycles. The molecule has 0 N–H and O–H groups in total. The average Bonchev–Trinajstić information content (AvgIpc) is 2.75. The topological polar surface area (TPSA) is 17.1 Å². The van der Waals surface area contributed by atoms with Gasteiger partial charge in [0.2, 0.25) is 0 Å². The van der Waals surface area contributed by atoms with Crippen LogP contribution in [0.25, 0.3) is 11.1 Å². The van der Waals surface area contributed by atoms with Crippen LogP contribution in [0, 0.1) is 12.7 Å². The Balaban J connectivity index is 2.25.